The number of carbonyl (C=O) groups is 1. The fraction of sp³-hybridized carbons (Fsp3) is 0.222. The Labute approximate surface area is 141 Å². The lowest BCUT2D eigenvalue weighted by molar-refractivity contribution is 0.253. The molecule has 0 spiro atoms. The minimum Gasteiger partial charge on any atom is -0.495 e. The van der Waals surface area contributed by atoms with Crippen molar-refractivity contribution in [2.75, 3.05) is 25.6 Å². The third-order valence-corrected chi connectivity index (χ3v) is 3.01. The fourth-order valence-corrected chi connectivity index (χ4v) is 1.81. The first kappa shape index (κ1) is 17.2. The highest BCUT2D eigenvalue weighted by atomic mass is 16.5. The van der Waals surface area contributed by atoms with Gasteiger partial charge in [-0.2, -0.15) is 0 Å². The number of urea groups is 1. The highest BCUT2D eigenvalue weighted by Crippen LogP contribution is 2.22. The number of aromatic nitrogens is 1. The monoisotopic (exact) mass is 325 g/mol. The van der Waals surface area contributed by atoms with E-state index in [1.165, 1.54) is 0 Å². The molecule has 0 aliphatic rings. The summed E-state index contributed by atoms with van der Waals surface area (Å²) >= 11 is 0. The molecule has 0 unspecified atom stereocenters. The Hall–Kier alpha value is -3.20. The second-order valence-electron chi connectivity index (χ2n) is 4.79. The number of methoxy groups -OCH3 is 1. The number of ether oxygens (including phenoxy) is 2. The first-order chi connectivity index (χ1) is 11.7. The summed E-state index contributed by atoms with van der Waals surface area (Å²) in [7, 11) is 1.55. The van der Waals surface area contributed by atoms with Crippen LogP contribution in [0.2, 0.25) is 0 Å². The van der Waals surface area contributed by atoms with E-state index in [0.717, 1.165) is 5.69 Å². The number of hydrogen-bond donors (Lipinski definition) is 2. The van der Waals surface area contributed by atoms with Crippen LogP contribution in [0, 0.1) is 18.8 Å². The lowest BCUT2D eigenvalue weighted by Crippen LogP contribution is -2.29. The summed E-state index contributed by atoms with van der Waals surface area (Å²) in [6, 6.07) is 10.5. The Morgan fingerprint density at radius 3 is 2.79 bits per heavy atom. The van der Waals surface area contributed by atoms with E-state index in [9.17, 15) is 4.79 Å². The quantitative estimate of drug-likeness (QED) is 0.829. The standard InChI is InChI=1S/C18H19N3O3/c1-14-9-10-15(13-20-14)24-12-6-5-11-19-18(22)21-16-7-3-4-8-17(16)23-2/h3-4,7-10,13H,11-12H2,1-2H3,(H2,19,21,22). The summed E-state index contributed by atoms with van der Waals surface area (Å²) in [5, 5.41) is 5.34. The van der Waals surface area contributed by atoms with Crippen LogP contribution in [0.5, 0.6) is 11.5 Å². The minimum absolute atomic E-state index is 0.219. The van der Waals surface area contributed by atoms with Gasteiger partial charge in [-0.1, -0.05) is 24.0 Å². The summed E-state index contributed by atoms with van der Waals surface area (Å²) in [4.78, 5) is 15.9. The SMILES string of the molecule is COc1ccccc1NC(=O)NCC#CCOc1ccc(C)nc1. The number of nitrogens with zero attached hydrogens (tertiary/aromatic N) is 1. The van der Waals surface area contributed by atoms with Crippen LogP contribution in [0.25, 0.3) is 0 Å². The van der Waals surface area contributed by atoms with Gasteiger partial charge in [-0.05, 0) is 31.2 Å². The summed E-state index contributed by atoms with van der Waals surface area (Å²) in [5.74, 6) is 6.90. The predicted molar refractivity (Wildman–Crippen MR) is 92.3 cm³/mol. The molecule has 24 heavy (non-hydrogen) atoms. The number of carbonyl (C=O) groups excluding carboxylic acids is 1. The van der Waals surface area contributed by atoms with Crippen LogP contribution < -0.4 is 20.1 Å². The van der Waals surface area contributed by atoms with E-state index < -0.39 is 0 Å². The zero-order valence-corrected chi connectivity index (χ0v) is 13.6. The molecule has 1 aromatic carbocycles. The van der Waals surface area contributed by atoms with Crippen molar-refractivity contribution in [2.45, 2.75) is 6.92 Å². The number of aryl methyl sites for hydroxylation is 1. The number of para-hydroxylation sites is 2. The maximum absolute atomic E-state index is 11.8. The molecule has 0 bridgehead atoms. The highest BCUT2D eigenvalue weighted by molar-refractivity contribution is 5.91. The van der Waals surface area contributed by atoms with Gasteiger partial charge in [-0.15, -0.1) is 0 Å². The minimum atomic E-state index is -0.350. The van der Waals surface area contributed by atoms with Gasteiger partial charge in [0.2, 0.25) is 0 Å². The normalized spacial score (nSPS) is 9.42. The second kappa shape index (κ2) is 9.06. The second-order valence-corrected chi connectivity index (χ2v) is 4.79. The Kier molecular flexibility index (Phi) is 6.47. The van der Waals surface area contributed by atoms with Gasteiger partial charge in [0.05, 0.1) is 25.5 Å². The van der Waals surface area contributed by atoms with Crippen molar-refractivity contribution in [3.63, 3.8) is 0 Å². The van der Waals surface area contributed by atoms with E-state index in [0.29, 0.717) is 17.2 Å². The van der Waals surface area contributed by atoms with Gasteiger partial charge in [-0.3, -0.25) is 4.98 Å². The van der Waals surface area contributed by atoms with E-state index in [1.54, 1.807) is 25.4 Å². The Morgan fingerprint density at radius 1 is 1.21 bits per heavy atom. The molecule has 6 nitrogen and oxygen atoms in total. The van der Waals surface area contributed by atoms with Gasteiger partial charge in [0.25, 0.3) is 0 Å². The molecule has 0 saturated heterocycles. The molecule has 2 N–H and O–H groups in total. The Bertz CT molecular complexity index is 733. The molecule has 2 rings (SSSR count). The molecule has 124 valence electrons. The van der Waals surface area contributed by atoms with Crippen LogP contribution in [-0.4, -0.2) is 31.3 Å². The molecule has 6 heteroatoms. The maximum Gasteiger partial charge on any atom is 0.320 e. The van der Waals surface area contributed by atoms with Gasteiger partial charge in [0, 0.05) is 5.69 Å². The summed E-state index contributed by atoms with van der Waals surface area (Å²) in [5.41, 5.74) is 1.53. The van der Waals surface area contributed by atoms with Crippen molar-refractivity contribution in [1.29, 1.82) is 0 Å². The number of nitrogens with one attached hydrogen (secondary N) is 2. The van der Waals surface area contributed by atoms with Gasteiger partial charge >= 0.3 is 6.03 Å². The molecule has 1 heterocycles. The molecule has 1 aromatic heterocycles. The molecule has 0 aliphatic carbocycles. The molecule has 0 fully saturated rings. The highest BCUT2D eigenvalue weighted by Gasteiger charge is 2.04. The zero-order chi connectivity index (χ0) is 17.2. The first-order valence-electron chi connectivity index (χ1n) is 7.38. The number of amides is 2. The third kappa shape index (κ3) is 5.54. The molecular formula is C18H19N3O3. The van der Waals surface area contributed by atoms with Gasteiger partial charge in [-0.25, -0.2) is 4.79 Å². The first-order valence-corrected chi connectivity index (χ1v) is 7.38. The van der Waals surface area contributed by atoms with Crippen LogP contribution in [-0.2, 0) is 0 Å². The summed E-state index contributed by atoms with van der Waals surface area (Å²) < 4.78 is 10.6. The number of benzene rings is 1. The number of pyridine rings is 1. The van der Waals surface area contributed by atoms with Crippen LogP contribution in [0.4, 0.5) is 10.5 Å². The van der Waals surface area contributed by atoms with Gasteiger partial charge in [0.15, 0.2) is 0 Å². The lowest BCUT2D eigenvalue weighted by Gasteiger charge is -2.09. The van der Waals surface area contributed by atoms with Crippen molar-refractivity contribution in [2.24, 2.45) is 0 Å². The third-order valence-electron chi connectivity index (χ3n) is 3.01. The van der Waals surface area contributed by atoms with Crippen molar-refractivity contribution < 1.29 is 14.3 Å². The predicted octanol–water partition coefficient (Wildman–Crippen LogP) is 2.60. The van der Waals surface area contributed by atoms with E-state index in [1.807, 2.05) is 31.2 Å². The Balaban J connectivity index is 1.70. The average Bonchev–Trinajstić information content (AvgIpc) is 2.60. The summed E-state index contributed by atoms with van der Waals surface area (Å²) in [6.45, 7) is 2.36. The van der Waals surface area contributed by atoms with Gasteiger partial charge in [0.1, 0.15) is 18.1 Å². The van der Waals surface area contributed by atoms with Crippen LogP contribution in [0.3, 0.4) is 0 Å². The van der Waals surface area contributed by atoms with E-state index in [-0.39, 0.29) is 19.2 Å². The fourth-order valence-electron chi connectivity index (χ4n) is 1.81. The van der Waals surface area contributed by atoms with Crippen molar-refractivity contribution in [3.05, 3.63) is 48.3 Å². The number of rotatable bonds is 5. The molecule has 0 aliphatic heterocycles. The van der Waals surface area contributed by atoms with E-state index >= 15 is 0 Å². The number of hydrogen-bond acceptors (Lipinski definition) is 4. The lowest BCUT2D eigenvalue weighted by atomic mass is 10.3. The maximum atomic E-state index is 11.8. The van der Waals surface area contributed by atoms with Crippen LogP contribution in [0.15, 0.2) is 42.6 Å². The molecule has 0 radical (unpaired) electrons. The molecule has 2 amide bonds. The molecule has 0 atom stereocenters. The summed E-state index contributed by atoms with van der Waals surface area (Å²) in [6.07, 6.45) is 1.65. The molecular weight excluding hydrogens is 306 g/mol. The Morgan fingerprint density at radius 2 is 2.04 bits per heavy atom. The average molecular weight is 325 g/mol. The largest absolute Gasteiger partial charge is 0.495 e. The smallest absolute Gasteiger partial charge is 0.320 e. The van der Waals surface area contributed by atoms with Crippen LogP contribution >= 0.6 is 0 Å². The van der Waals surface area contributed by atoms with Crippen molar-refractivity contribution >= 4 is 11.7 Å². The number of anilines is 1. The van der Waals surface area contributed by atoms with Crippen molar-refractivity contribution in [1.82, 2.24) is 10.3 Å². The molecule has 0 saturated carbocycles. The van der Waals surface area contributed by atoms with Crippen LogP contribution in [0.1, 0.15) is 5.69 Å². The van der Waals surface area contributed by atoms with E-state index in [2.05, 4.69) is 27.5 Å². The van der Waals surface area contributed by atoms with E-state index in [4.69, 9.17) is 9.47 Å². The molecule has 2 aromatic rings. The zero-order valence-electron chi connectivity index (χ0n) is 13.6. The van der Waals surface area contributed by atoms with Gasteiger partial charge < -0.3 is 20.1 Å². The topological polar surface area (TPSA) is 72.5 Å². The van der Waals surface area contributed by atoms with Crippen molar-refractivity contribution in [3.8, 4) is 23.3 Å².